The average molecular weight is 461 g/mol. The van der Waals surface area contributed by atoms with Crippen molar-refractivity contribution in [3.05, 3.63) is 93.8 Å². The number of rotatable bonds is 9. The van der Waals surface area contributed by atoms with Crippen molar-refractivity contribution in [2.45, 2.75) is 13.2 Å². The van der Waals surface area contributed by atoms with Gasteiger partial charge < -0.3 is 29.0 Å². The molecule has 34 heavy (non-hydrogen) atoms. The molecule has 0 amide bonds. The molecule has 0 radical (unpaired) electrons. The topological polar surface area (TPSA) is 107 Å². The molecular weight excluding hydrogens is 438 g/mol. The van der Waals surface area contributed by atoms with E-state index in [1.165, 1.54) is 12.3 Å². The number of hydrogen-bond acceptors (Lipinski definition) is 6. The second-order valence-corrected chi connectivity index (χ2v) is 7.45. The maximum absolute atomic E-state index is 12.7. The third-order valence-electron chi connectivity index (χ3n) is 5.28. The zero-order chi connectivity index (χ0) is 24.1. The zero-order valence-electron chi connectivity index (χ0n) is 18.7. The fourth-order valence-electron chi connectivity index (χ4n) is 3.38. The summed E-state index contributed by atoms with van der Waals surface area (Å²) in [5.41, 5.74) is 1.29. The molecule has 0 aliphatic carbocycles. The molecule has 0 aliphatic heterocycles. The molecule has 1 heterocycles. The Labute approximate surface area is 195 Å². The highest BCUT2D eigenvalue weighted by Gasteiger charge is 2.16. The van der Waals surface area contributed by atoms with Crippen LogP contribution in [-0.4, -0.2) is 30.3 Å². The number of ether oxygens (including phenoxy) is 4. The first-order valence-electron chi connectivity index (χ1n) is 10.4. The number of methoxy groups -OCH3 is 2. The summed E-state index contributed by atoms with van der Waals surface area (Å²) in [6, 6.07) is 18.0. The summed E-state index contributed by atoms with van der Waals surface area (Å²) in [6.07, 6.45) is 1.18. The highest BCUT2D eigenvalue weighted by atomic mass is 16.5. The molecule has 0 bridgehead atoms. The summed E-state index contributed by atoms with van der Waals surface area (Å²) in [7, 11) is 3.19. The van der Waals surface area contributed by atoms with Crippen LogP contribution in [0, 0.1) is 0 Å². The number of carboxylic acids is 1. The molecule has 2 N–H and O–H groups in total. The zero-order valence-corrected chi connectivity index (χ0v) is 18.7. The van der Waals surface area contributed by atoms with E-state index in [1.807, 2.05) is 48.5 Å². The minimum atomic E-state index is -1.30. The first kappa shape index (κ1) is 22.7. The van der Waals surface area contributed by atoms with Crippen LogP contribution in [-0.2, 0) is 13.2 Å². The first-order chi connectivity index (χ1) is 16.5. The third-order valence-corrected chi connectivity index (χ3v) is 5.28. The van der Waals surface area contributed by atoms with Gasteiger partial charge in [-0.2, -0.15) is 0 Å². The summed E-state index contributed by atoms with van der Waals surface area (Å²) < 4.78 is 22.4. The first-order valence-corrected chi connectivity index (χ1v) is 10.4. The number of pyridine rings is 1. The standard InChI is InChI=1S/C26H23NO7/c1-31-18-7-3-16(4-8-18)14-33-23-11-20-22(27-13-21(25(20)28)26(29)30)12-24(23)34-15-17-5-9-19(32-2)10-6-17/h3-13H,14-15H2,1-2H3,(H,27,28)(H,29,30). The number of H-pyrrole nitrogens is 1. The molecule has 8 nitrogen and oxygen atoms in total. The van der Waals surface area contributed by atoms with Crippen LogP contribution in [0.2, 0.25) is 0 Å². The molecule has 0 atom stereocenters. The van der Waals surface area contributed by atoms with Crippen molar-refractivity contribution in [3.63, 3.8) is 0 Å². The van der Waals surface area contributed by atoms with E-state index in [9.17, 15) is 14.7 Å². The third kappa shape index (κ3) is 4.96. The van der Waals surface area contributed by atoms with Crippen molar-refractivity contribution in [3.8, 4) is 23.0 Å². The molecule has 0 unspecified atom stereocenters. The smallest absolute Gasteiger partial charge is 0.341 e. The molecule has 0 fully saturated rings. The lowest BCUT2D eigenvalue weighted by Gasteiger charge is -2.15. The Hall–Kier alpha value is -4.46. The van der Waals surface area contributed by atoms with Crippen molar-refractivity contribution in [2.75, 3.05) is 14.2 Å². The Morgan fingerprint density at radius 3 is 1.79 bits per heavy atom. The van der Waals surface area contributed by atoms with Crippen molar-refractivity contribution in [1.29, 1.82) is 0 Å². The Morgan fingerprint density at radius 1 is 0.824 bits per heavy atom. The lowest BCUT2D eigenvalue weighted by atomic mass is 10.1. The van der Waals surface area contributed by atoms with E-state index in [-0.39, 0.29) is 24.2 Å². The van der Waals surface area contributed by atoms with Gasteiger partial charge in [0, 0.05) is 12.3 Å². The Kier molecular flexibility index (Phi) is 6.68. The maximum atomic E-state index is 12.7. The predicted molar refractivity (Wildman–Crippen MR) is 126 cm³/mol. The van der Waals surface area contributed by atoms with Crippen LogP contribution < -0.4 is 24.4 Å². The Morgan fingerprint density at radius 2 is 1.32 bits per heavy atom. The van der Waals surface area contributed by atoms with Gasteiger partial charge in [0.05, 0.1) is 25.1 Å². The van der Waals surface area contributed by atoms with Crippen LogP contribution in [0.4, 0.5) is 0 Å². The van der Waals surface area contributed by atoms with Crippen molar-refractivity contribution >= 4 is 16.9 Å². The molecule has 0 spiro atoms. The van der Waals surface area contributed by atoms with Crippen LogP contribution in [0.3, 0.4) is 0 Å². The normalized spacial score (nSPS) is 10.6. The maximum Gasteiger partial charge on any atom is 0.341 e. The molecule has 3 aromatic carbocycles. The van der Waals surface area contributed by atoms with Crippen molar-refractivity contribution in [1.82, 2.24) is 4.98 Å². The van der Waals surface area contributed by atoms with Crippen LogP contribution in [0.15, 0.2) is 71.7 Å². The van der Waals surface area contributed by atoms with Gasteiger partial charge in [0.25, 0.3) is 0 Å². The number of aromatic nitrogens is 1. The second-order valence-electron chi connectivity index (χ2n) is 7.45. The predicted octanol–water partition coefficient (Wildman–Crippen LogP) is 4.40. The van der Waals surface area contributed by atoms with Crippen LogP contribution >= 0.6 is 0 Å². The molecule has 174 valence electrons. The second kappa shape index (κ2) is 9.99. The number of carboxylic acid groups (broad SMARTS) is 1. The van der Waals surface area contributed by atoms with E-state index < -0.39 is 11.4 Å². The fraction of sp³-hybridized carbons (Fsp3) is 0.154. The molecule has 4 rings (SSSR count). The quantitative estimate of drug-likeness (QED) is 0.380. The number of aromatic carboxylic acids is 1. The monoisotopic (exact) mass is 461 g/mol. The molecule has 0 aliphatic rings. The molecule has 1 aromatic heterocycles. The van der Waals surface area contributed by atoms with Gasteiger partial charge in [-0.15, -0.1) is 0 Å². The molecule has 8 heteroatoms. The molecule has 0 saturated carbocycles. The Bertz CT molecular complexity index is 1360. The van der Waals surface area contributed by atoms with Gasteiger partial charge in [-0.3, -0.25) is 4.79 Å². The van der Waals surface area contributed by atoms with Crippen LogP contribution in [0.25, 0.3) is 10.9 Å². The lowest BCUT2D eigenvalue weighted by Crippen LogP contribution is -2.15. The highest BCUT2D eigenvalue weighted by Crippen LogP contribution is 2.32. The number of hydrogen-bond donors (Lipinski definition) is 2. The number of aromatic amines is 1. The van der Waals surface area contributed by atoms with E-state index in [0.717, 1.165) is 22.6 Å². The summed E-state index contributed by atoms with van der Waals surface area (Å²) in [5.74, 6) is 0.902. The van der Waals surface area contributed by atoms with Gasteiger partial charge in [0.1, 0.15) is 30.3 Å². The minimum Gasteiger partial charge on any atom is -0.497 e. The van der Waals surface area contributed by atoms with Crippen LogP contribution in [0.5, 0.6) is 23.0 Å². The average Bonchev–Trinajstić information content (AvgIpc) is 2.86. The van der Waals surface area contributed by atoms with E-state index in [4.69, 9.17) is 18.9 Å². The van der Waals surface area contributed by atoms with Crippen molar-refractivity contribution < 1.29 is 28.8 Å². The molecular formula is C26H23NO7. The summed E-state index contributed by atoms with van der Waals surface area (Å²) in [4.78, 5) is 26.9. The van der Waals surface area contributed by atoms with Crippen LogP contribution in [0.1, 0.15) is 21.5 Å². The van der Waals surface area contributed by atoms with E-state index in [0.29, 0.717) is 17.0 Å². The van der Waals surface area contributed by atoms with Crippen molar-refractivity contribution in [2.24, 2.45) is 0 Å². The van der Waals surface area contributed by atoms with E-state index >= 15 is 0 Å². The Balaban J connectivity index is 1.66. The largest absolute Gasteiger partial charge is 0.497 e. The SMILES string of the molecule is COc1ccc(COc2cc3[nH]cc(C(=O)O)c(=O)c3cc2OCc2ccc(OC)cc2)cc1. The number of nitrogens with one attached hydrogen (secondary N) is 1. The van der Waals surface area contributed by atoms with E-state index in [1.54, 1.807) is 20.3 Å². The van der Waals surface area contributed by atoms with Gasteiger partial charge in [0.15, 0.2) is 11.5 Å². The van der Waals surface area contributed by atoms with Gasteiger partial charge in [-0.1, -0.05) is 24.3 Å². The highest BCUT2D eigenvalue weighted by molar-refractivity contribution is 5.93. The number of benzene rings is 3. The summed E-state index contributed by atoms with van der Waals surface area (Å²) in [5, 5.41) is 9.49. The van der Waals surface area contributed by atoms with Gasteiger partial charge >= 0.3 is 5.97 Å². The van der Waals surface area contributed by atoms with Gasteiger partial charge in [-0.25, -0.2) is 4.79 Å². The van der Waals surface area contributed by atoms with Gasteiger partial charge in [-0.05, 0) is 41.5 Å². The minimum absolute atomic E-state index is 0.196. The van der Waals surface area contributed by atoms with Gasteiger partial charge in [0.2, 0.25) is 5.43 Å². The number of carbonyl (C=O) groups is 1. The number of fused-ring (bicyclic) bond motifs is 1. The summed E-state index contributed by atoms with van der Waals surface area (Å²) in [6.45, 7) is 0.469. The van der Waals surface area contributed by atoms with E-state index in [2.05, 4.69) is 4.98 Å². The fourth-order valence-corrected chi connectivity index (χ4v) is 3.38. The lowest BCUT2D eigenvalue weighted by molar-refractivity contribution is 0.0695. The molecule has 0 saturated heterocycles. The molecule has 4 aromatic rings. The summed E-state index contributed by atoms with van der Waals surface area (Å²) >= 11 is 0.